The number of carboxylic acid groups (broad SMARTS) is 1. The van der Waals surface area contributed by atoms with Crippen molar-refractivity contribution in [3.63, 3.8) is 0 Å². The highest BCUT2D eigenvalue weighted by Crippen LogP contribution is 2.41. The number of hydrogen-bond donors (Lipinski definition) is 2. The van der Waals surface area contributed by atoms with Gasteiger partial charge in [-0.15, -0.1) is 0 Å². The largest absolute Gasteiger partial charge is 0.478 e. The molecule has 1 aromatic carbocycles. The molecule has 1 saturated carbocycles. The molecule has 102 valence electrons. The van der Waals surface area contributed by atoms with Gasteiger partial charge in [0, 0.05) is 11.6 Å². The summed E-state index contributed by atoms with van der Waals surface area (Å²) in [5.41, 5.74) is -0.300. The zero-order valence-electron chi connectivity index (χ0n) is 10.7. The molecule has 6 heteroatoms. The molecule has 1 aromatic rings. The first kappa shape index (κ1) is 13.3. The number of rotatable bonds is 5. The number of nitro groups is 1. The lowest BCUT2D eigenvalue weighted by Crippen LogP contribution is -2.44. The number of anilines is 1. The molecule has 1 aliphatic rings. The van der Waals surface area contributed by atoms with E-state index in [9.17, 15) is 14.9 Å². The molecule has 0 unspecified atom stereocenters. The Morgan fingerprint density at radius 1 is 1.53 bits per heavy atom. The van der Waals surface area contributed by atoms with Crippen LogP contribution in [-0.4, -0.2) is 21.5 Å². The van der Waals surface area contributed by atoms with Crippen LogP contribution in [0.25, 0.3) is 0 Å². The van der Waals surface area contributed by atoms with Crippen LogP contribution in [0.3, 0.4) is 0 Å². The van der Waals surface area contributed by atoms with Crippen molar-refractivity contribution in [2.45, 2.75) is 38.1 Å². The Kier molecular flexibility index (Phi) is 3.42. The number of hydrogen-bond acceptors (Lipinski definition) is 4. The summed E-state index contributed by atoms with van der Waals surface area (Å²) in [6.45, 7) is 2.00. The van der Waals surface area contributed by atoms with E-state index in [4.69, 9.17) is 5.11 Å². The maximum atomic E-state index is 11.2. The molecule has 1 fully saturated rings. The van der Waals surface area contributed by atoms with Gasteiger partial charge >= 0.3 is 5.97 Å². The van der Waals surface area contributed by atoms with E-state index < -0.39 is 10.9 Å². The first-order chi connectivity index (χ1) is 8.99. The van der Waals surface area contributed by atoms with Crippen molar-refractivity contribution in [3.8, 4) is 0 Å². The molecule has 0 spiro atoms. The summed E-state index contributed by atoms with van der Waals surface area (Å²) in [6.07, 6.45) is 3.70. The molecule has 2 N–H and O–H groups in total. The third-order valence-corrected chi connectivity index (χ3v) is 3.85. The van der Waals surface area contributed by atoms with E-state index in [-0.39, 0.29) is 22.5 Å². The number of benzene rings is 1. The summed E-state index contributed by atoms with van der Waals surface area (Å²) < 4.78 is 0. The highest BCUT2D eigenvalue weighted by atomic mass is 16.6. The SMILES string of the molecule is CCC1(Nc2c(C(=O)O)cccc2[N+](=O)[O-])CCC1. The third kappa shape index (κ3) is 2.38. The molecule has 2 rings (SSSR count). The van der Waals surface area contributed by atoms with Crippen LogP contribution in [0.4, 0.5) is 11.4 Å². The van der Waals surface area contributed by atoms with Gasteiger partial charge in [-0.1, -0.05) is 13.0 Å². The van der Waals surface area contributed by atoms with Crippen molar-refractivity contribution >= 4 is 17.3 Å². The fourth-order valence-electron chi connectivity index (χ4n) is 2.44. The molecular weight excluding hydrogens is 248 g/mol. The number of nitro benzene ring substituents is 1. The zero-order valence-corrected chi connectivity index (χ0v) is 10.7. The Labute approximate surface area is 110 Å². The van der Waals surface area contributed by atoms with Gasteiger partial charge in [0.25, 0.3) is 5.69 Å². The van der Waals surface area contributed by atoms with E-state index in [1.165, 1.54) is 18.2 Å². The van der Waals surface area contributed by atoms with Crippen molar-refractivity contribution in [1.29, 1.82) is 0 Å². The second-order valence-corrected chi connectivity index (χ2v) is 4.87. The topological polar surface area (TPSA) is 92.5 Å². The van der Waals surface area contributed by atoms with Gasteiger partial charge < -0.3 is 10.4 Å². The molecule has 1 aliphatic carbocycles. The van der Waals surface area contributed by atoms with Crippen molar-refractivity contribution in [3.05, 3.63) is 33.9 Å². The summed E-state index contributed by atoms with van der Waals surface area (Å²) in [5, 5.41) is 23.3. The molecule has 0 atom stereocenters. The second-order valence-electron chi connectivity index (χ2n) is 4.87. The van der Waals surface area contributed by atoms with E-state index in [0.717, 1.165) is 25.7 Å². The van der Waals surface area contributed by atoms with E-state index in [1.54, 1.807) is 0 Å². The normalized spacial score (nSPS) is 16.5. The predicted octanol–water partition coefficient (Wildman–Crippen LogP) is 3.04. The van der Waals surface area contributed by atoms with Crippen LogP contribution in [0.15, 0.2) is 18.2 Å². The Hall–Kier alpha value is -2.11. The van der Waals surface area contributed by atoms with Crippen LogP contribution in [0.5, 0.6) is 0 Å². The maximum absolute atomic E-state index is 11.2. The molecular formula is C13H16N2O4. The molecule has 0 radical (unpaired) electrons. The lowest BCUT2D eigenvalue weighted by atomic mass is 9.74. The minimum Gasteiger partial charge on any atom is -0.478 e. The fraction of sp³-hybridized carbons (Fsp3) is 0.462. The average molecular weight is 264 g/mol. The lowest BCUT2D eigenvalue weighted by Gasteiger charge is -2.42. The first-order valence-corrected chi connectivity index (χ1v) is 6.28. The number of nitrogens with zero attached hydrogens (tertiary/aromatic N) is 1. The van der Waals surface area contributed by atoms with Gasteiger partial charge in [-0.2, -0.15) is 0 Å². The van der Waals surface area contributed by atoms with Crippen molar-refractivity contribution in [2.24, 2.45) is 0 Å². The van der Waals surface area contributed by atoms with Gasteiger partial charge in [-0.3, -0.25) is 10.1 Å². The van der Waals surface area contributed by atoms with Gasteiger partial charge in [-0.05, 0) is 31.7 Å². The number of carbonyl (C=O) groups is 1. The van der Waals surface area contributed by atoms with Crippen LogP contribution in [0, 0.1) is 10.1 Å². The van der Waals surface area contributed by atoms with Gasteiger partial charge in [0.05, 0.1) is 10.5 Å². The lowest BCUT2D eigenvalue weighted by molar-refractivity contribution is -0.384. The highest BCUT2D eigenvalue weighted by molar-refractivity contribution is 5.97. The van der Waals surface area contributed by atoms with Gasteiger partial charge in [0.1, 0.15) is 5.69 Å². The molecule has 6 nitrogen and oxygen atoms in total. The van der Waals surface area contributed by atoms with Crippen LogP contribution < -0.4 is 5.32 Å². The summed E-state index contributed by atoms with van der Waals surface area (Å²) >= 11 is 0. The molecule has 0 amide bonds. The number of aromatic carboxylic acids is 1. The molecule has 0 aromatic heterocycles. The van der Waals surface area contributed by atoms with Crippen molar-refractivity contribution in [1.82, 2.24) is 0 Å². The number of para-hydroxylation sites is 1. The van der Waals surface area contributed by atoms with Gasteiger partial charge in [-0.25, -0.2) is 4.79 Å². The molecule has 19 heavy (non-hydrogen) atoms. The van der Waals surface area contributed by atoms with Crippen LogP contribution in [0.2, 0.25) is 0 Å². The number of carboxylic acids is 1. The Bertz CT molecular complexity index is 486. The maximum Gasteiger partial charge on any atom is 0.338 e. The molecule has 0 bridgehead atoms. The first-order valence-electron chi connectivity index (χ1n) is 6.28. The minimum atomic E-state index is -1.16. The van der Waals surface area contributed by atoms with E-state index in [2.05, 4.69) is 5.32 Å². The summed E-state index contributed by atoms with van der Waals surface area (Å²) in [4.78, 5) is 21.7. The highest BCUT2D eigenvalue weighted by Gasteiger charge is 2.37. The van der Waals surface area contributed by atoms with E-state index >= 15 is 0 Å². The number of nitrogens with one attached hydrogen (secondary N) is 1. The van der Waals surface area contributed by atoms with E-state index in [1.807, 2.05) is 6.92 Å². The molecule has 0 aliphatic heterocycles. The van der Waals surface area contributed by atoms with Gasteiger partial charge in [0.2, 0.25) is 0 Å². The summed E-state index contributed by atoms with van der Waals surface area (Å²) in [7, 11) is 0. The zero-order chi connectivity index (χ0) is 14.0. The van der Waals surface area contributed by atoms with Crippen LogP contribution >= 0.6 is 0 Å². The Morgan fingerprint density at radius 2 is 2.21 bits per heavy atom. The summed E-state index contributed by atoms with van der Waals surface area (Å²) in [5.74, 6) is -1.16. The smallest absolute Gasteiger partial charge is 0.338 e. The molecule has 0 heterocycles. The quantitative estimate of drug-likeness (QED) is 0.629. The van der Waals surface area contributed by atoms with E-state index in [0.29, 0.717) is 0 Å². The fourth-order valence-corrected chi connectivity index (χ4v) is 2.44. The third-order valence-electron chi connectivity index (χ3n) is 3.85. The second kappa shape index (κ2) is 4.87. The van der Waals surface area contributed by atoms with Crippen molar-refractivity contribution < 1.29 is 14.8 Å². The van der Waals surface area contributed by atoms with Gasteiger partial charge in [0.15, 0.2) is 0 Å². The average Bonchev–Trinajstić information content (AvgIpc) is 2.33. The Balaban J connectivity index is 2.46. The monoisotopic (exact) mass is 264 g/mol. The summed E-state index contributed by atoms with van der Waals surface area (Å²) in [6, 6.07) is 4.11. The minimum absolute atomic E-state index is 0.0473. The Morgan fingerprint density at radius 3 is 2.63 bits per heavy atom. The van der Waals surface area contributed by atoms with Crippen LogP contribution in [0.1, 0.15) is 43.0 Å². The molecule has 0 saturated heterocycles. The standard InChI is InChI=1S/C13H16N2O4/c1-2-13(7-4-8-13)14-11-9(12(16)17)5-3-6-10(11)15(18)19/h3,5-6,14H,2,4,7-8H2,1H3,(H,16,17). The van der Waals surface area contributed by atoms with Crippen molar-refractivity contribution in [2.75, 3.05) is 5.32 Å². The van der Waals surface area contributed by atoms with Crippen LogP contribution in [-0.2, 0) is 0 Å². The predicted molar refractivity (Wildman–Crippen MR) is 70.6 cm³/mol.